The first-order chi connectivity index (χ1) is 12.8. The zero-order valence-electron chi connectivity index (χ0n) is 14.8. The monoisotopic (exact) mass is 352 g/mol. The Morgan fingerprint density at radius 2 is 1.15 bits per heavy atom. The van der Waals surface area contributed by atoms with Crippen molar-refractivity contribution in [1.29, 1.82) is 0 Å². The van der Waals surface area contributed by atoms with Crippen LogP contribution in [-0.4, -0.2) is 55.3 Å². The molecule has 0 unspecified atom stereocenters. The van der Waals surface area contributed by atoms with E-state index in [0.717, 1.165) is 11.1 Å². The molecule has 2 fully saturated rings. The molecule has 0 radical (unpaired) electrons. The molecule has 2 heterocycles. The third kappa shape index (κ3) is 3.45. The van der Waals surface area contributed by atoms with Crippen LogP contribution >= 0.6 is 0 Å². The number of rotatable bonds is 2. The highest BCUT2D eigenvalue weighted by Crippen LogP contribution is 2.30. The molecule has 5 nitrogen and oxygen atoms in total. The second-order valence-electron chi connectivity index (χ2n) is 6.67. The maximum absolute atomic E-state index is 13.5. The second kappa shape index (κ2) is 7.89. The summed E-state index contributed by atoms with van der Waals surface area (Å²) in [5.41, 5.74) is 2.23. The van der Waals surface area contributed by atoms with Crippen LogP contribution in [0.2, 0.25) is 0 Å². The van der Waals surface area contributed by atoms with E-state index in [1.165, 1.54) is 0 Å². The van der Waals surface area contributed by atoms with Gasteiger partial charge in [-0.05, 0) is 11.1 Å². The van der Waals surface area contributed by atoms with Crippen LogP contribution in [0, 0.1) is 0 Å². The summed E-state index contributed by atoms with van der Waals surface area (Å²) < 4.78 is 11.4. The van der Waals surface area contributed by atoms with Gasteiger partial charge in [0, 0.05) is 13.1 Å². The first-order valence-corrected chi connectivity index (χ1v) is 9.17. The van der Waals surface area contributed by atoms with Crippen LogP contribution in [-0.2, 0) is 9.47 Å². The van der Waals surface area contributed by atoms with Crippen LogP contribution in [0.25, 0.3) is 0 Å². The van der Waals surface area contributed by atoms with Crippen LogP contribution < -0.4 is 0 Å². The van der Waals surface area contributed by atoms with Gasteiger partial charge in [0.2, 0.25) is 0 Å². The van der Waals surface area contributed by atoms with E-state index in [9.17, 15) is 4.79 Å². The number of ether oxygens (including phenoxy) is 2. The van der Waals surface area contributed by atoms with Crippen molar-refractivity contribution in [2.24, 2.45) is 0 Å². The SMILES string of the molecule is O=C(N1CCOC[C@@H]1c1ccccc1)N1CCOC[C@@H]1c1ccccc1. The van der Waals surface area contributed by atoms with Gasteiger partial charge in [-0.15, -0.1) is 0 Å². The van der Waals surface area contributed by atoms with Crippen molar-refractivity contribution in [2.45, 2.75) is 12.1 Å². The Labute approximate surface area is 154 Å². The Bertz CT molecular complexity index is 661. The van der Waals surface area contributed by atoms with Gasteiger partial charge in [-0.25, -0.2) is 4.79 Å². The van der Waals surface area contributed by atoms with Crippen LogP contribution in [0.4, 0.5) is 4.79 Å². The second-order valence-corrected chi connectivity index (χ2v) is 6.67. The quantitative estimate of drug-likeness (QED) is 0.833. The minimum atomic E-state index is -0.0447. The molecular weight excluding hydrogens is 328 g/mol. The molecule has 0 bridgehead atoms. The molecule has 2 amide bonds. The van der Waals surface area contributed by atoms with Crippen LogP contribution in [0.3, 0.4) is 0 Å². The molecule has 5 heteroatoms. The van der Waals surface area contributed by atoms with Gasteiger partial charge in [0.15, 0.2) is 0 Å². The number of carbonyl (C=O) groups is 1. The van der Waals surface area contributed by atoms with E-state index in [4.69, 9.17) is 9.47 Å². The number of carbonyl (C=O) groups excluding carboxylic acids is 1. The summed E-state index contributed by atoms with van der Waals surface area (Å²) in [5.74, 6) is 0. The highest BCUT2D eigenvalue weighted by molar-refractivity contribution is 5.76. The Morgan fingerprint density at radius 1 is 0.731 bits per heavy atom. The number of morpholine rings is 2. The number of amides is 2. The summed E-state index contributed by atoms with van der Waals surface area (Å²) in [6.07, 6.45) is 0. The fourth-order valence-electron chi connectivity index (χ4n) is 3.73. The lowest BCUT2D eigenvalue weighted by molar-refractivity contribution is -0.0262. The van der Waals surface area contributed by atoms with E-state index in [1.807, 2.05) is 46.2 Å². The zero-order valence-corrected chi connectivity index (χ0v) is 14.8. The summed E-state index contributed by atoms with van der Waals surface area (Å²) in [7, 11) is 0. The fraction of sp³-hybridized carbons (Fsp3) is 0.381. The van der Waals surface area contributed by atoms with Gasteiger partial charge in [-0.1, -0.05) is 60.7 Å². The van der Waals surface area contributed by atoms with Crippen LogP contribution in [0.5, 0.6) is 0 Å². The third-order valence-electron chi connectivity index (χ3n) is 5.12. The van der Waals surface area contributed by atoms with Gasteiger partial charge in [0.1, 0.15) is 0 Å². The minimum absolute atomic E-state index is 0.0447. The lowest BCUT2D eigenvalue weighted by Gasteiger charge is -2.43. The highest BCUT2D eigenvalue weighted by Gasteiger charge is 2.36. The van der Waals surface area contributed by atoms with E-state index >= 15 is 0 Å². The minimum Gasteiger partial charge on any atom is -0.377 e. The maximum atomic E-state index is 13.5. The highest BCUT2D eigenvalue weighted by atomic mass is 16.5. The van der Waals surface area contributed by atoms with E-state index in [1.54, 1.807) is 0 Å². The molecule has 0 saturated carbocycles. The molecule has 2 saturated heterocycles. The molecule has 0 aliphatic carbocycles. The number of hydrogen-bond donors (Lipinski definition) is 0. The smallest absolute Gasteiger partial charge is 0.321 e. The Kier molecular flexibility index (Phi) is 5.18. The summed E-state index contributed by atoms with van der Waals surface area (Å²) in [5, 5.41) is 0. The van der Waals surface area contributed by atoms with Gasteiger partial charge < -0.3 is 19.3 Å². The van der Waals surface area contributed by atoms with E-state index in [2.05, 4.69) is 24.3 Å². The van der Waals surface area contributed by atoms with E-state index in [-0.39, 0.29) is 18.1 Å². The van der Waals surface area contributed by atoms with Crippen molar-refractivity contribution in [3.63, 3.8) is 0 Å². The molecular formula is C21H24N2O3. The Morgan fingerprint density at radius 3 is 1.58 bits per heavy atom. The van der Waals surface area contributed by atoms with Crippen molar-refractivity contribution >= 4 is 6.03 Å². The average molecular weight is 352 g/mol. The lowest BCUT2D eigenvalue weighted by atomic mass is 10.0. The number of benzene rings is 2. The van der Waals surface area contributed by atoms with E-state index < -0.39 is 0 Å². The molecule has 26 heavy (non-hydrogen) atoms. The van der Waals surface area contributed by atoms with Gasteiger partial charge in [-0.3, -0.25) is 0 Å². The molecule has 2 aromatic carbocycles. The van der Waals surface area contributed by atoms with Crippen molar-refractivity contribution in [1.82, 2.24) is 9.80 Å². The molecule has 4 rings (SSSR count). The number of urea groups is 1. The standard InChI is InChI=1S/C21H24N2O3/c24-21(22-11-13-25-15-19(22)17-7-3-1-4-8-17)23-12-14-26-16-20(23)18-9-5-2-6-10-18/h1-10,19-20H,11-16H2/t19-,20-/m1/s1. The van der Waals surface area contributed by atoms with Crippen LogP contribution in [0.15, 0.2) is 60.7 Å². The van der Waals surface area contributed by atoms with Crippen LogP contribution in [0.1, 0.15) is 23.2 Å². The normalized spacial score (nSPS) is 23.7. The summed E-state index contributed by atoms with van der Waals surface area (Å²) in [6.45, 7) is 3.45. The topological polar surface area (TPSA) is 42.0 Å². The molecule has 2 aliphatic heterocycles. The van der Waals surface area contributed by atoms with Crippen molar-refractivity contribution in [3.8, 4) is 0 Å². The molecule has 0 N–H and O–H groups in total. The number of hydrogen-bond acceptors (Lipinski definition) is 3. The molecule has 0 spiro atoms. The Hall–Kier alpha value is -2.37. The first-order valence-electron chi connectivity index (χ1n) is 9.17. The number of nitrogens with zero attached hydrogens (tertiary/aromatic N) is 2. The summed E-state index contributed by atoms with van der Waals surface area (Å²) in [6, 6.07) is 20.2. The average Bonchev–Trinajstić information content (AvgIpc) is 2.74. The molecule has 136 valence electrons. The molecule has 2 aromatic rings. The molecule has 2 aliphatic rings. The fourth-order valence-corrected chi connectivity index (χ4v) is 3.73. The summed E-state index contributed by atoms with van der Waals surface area (Å²) >= 11 is 0. The van der Waals surface area contributed by atoms with Gasteiger partial charge in [-0.2, -0.15) is 0 Å². The van der Waals surface area contributed by atoms with Gasteiger partial charge >= 0.3 is 6.03 Å². The van der Waals surface area contributed by atoms with Crippen molar-refractivity contribution in [2.75, 3.05) is 39.5 Å². The molecule has 0 aromatic heterocycles. The summed E-state index contributed by atoms with van der Waals surface area (Å²) in [4.78, 5) is 17.4. The maximum Gasteiger partial charge on any atom is 0.321 e. The van der Waals surface area contributed by atoms with Gasteiger partial charge in [0.25, 0.3) is 0 Å². The predicted octanol–water partition coefficient (Wildman–Crippen LogP) is 3.25. The third-order valence-corrected chi connectivity index (χ3v) is 5.12. The van der Waals surface area contributed by atoms with E-state index in [0.29, 0.717) is 39.5 Å². The largest absolute Gasteiger partial charge is 0.377 e. The van der Waals surface area contributed by atoms with Crippen molar-refractivity contribution < 1.29 is 14.3 Å². The van der Waals surface area contributed by atoms with Gasteiger partial charge in [0.05, 0.1) is 38.5 Å². The van der Waals surface area contributed by atoms with Crippen molar-refractivity contribution in [3.05, 3.63) is 71.8 Å². The zero-order chi connectivity index (χ0) is 17.8. The predicted molar refractivity (Wildman–Crippen MR) is 98.8 cm³/mol. The lowest BCUT2D eigenvalue weighted by Crippen LogP contribution is -2.53. The Balaban J connectivity index is 1.59. The molecule has 2 atom stereocenters. The first kappa shape index (κ1) is 17.1.